The van der Waals surface area contributed by atoms with E-state index < -0.39 is 0 Å². The molecule has 0 aliphatic carbocycles. The summed E-state index contributed by atoms with van der Waals surface area (Å²) in [6.07, 6.45) is 0. The molecule has 1 aliphatic rings. The molecule has 1 saturated heterocycles. The number of carbonyl (C=O) groups is 2. The first-order valence-corrected chi connectivity index (χ1v) is 7.72. The summed E-state index contributed by atoms with van der Waals surface area (Å²) in [5.41, 5.74) is 0.695. The van der Waals surface area contributed by atoms with Crippen molar-refractivity contribution in [1.29, 1.82) is 0 Å². The molecule has 2 aromatic carbocycles. The standard InChI is InChI=1S/C18H18N2O4/c21-14-5-3-4-13(12-14)17(23)19-8-10-20(11-9-19)18(24)15-6-1-2-7-16(15)22/h1-7,12,21-22H,8-11H2. The number of amides is 2. The van der Waals surface area contributed by atoms with Crippen molar-refractivity contribution >= 4 is 11.8 Å². The zero-order valence-corrected chi connectivity index (χ0v) is 13.1. The van der Waals surface area contributed by atoms with Gasteiger partial charge in [0.1, 0.15) is 11.5 Å². The van der Waals surface area contributed by atoms with Crippen molar-refractivity contribution in [2.24, 2.45) is 0 Å². The van der Waals surface area contributed by atoms with Gasteiger partial charge in [-0.05, 0) is 30.3 Å². The molecule has 2 N–H and O–H groups in total. The fourth-order valence-corrected chi connectivity index (χ4v) is 2.76. The Morgan fingerprint density at radius 3 is 2.04 bits per heavy atom. The topological polar surface area (TPSA) is 81.1 Å². The van der Waals surface area contributed by atoms with Gasteiger partial charge in [0.05, 0.1) is 5.56 Å². The normalized spacial score (nSPS) is 14.5. The third-order valence-corrected chi connectivity index (χ3v) is 4.08. The first-order chi connectivity index (χ1) is 11.6. The largest absolute Gasteiger partial charge is 0.508 e. The summed E-state index contributed by atoms with van der Waals surface area (Å²) in [7, 11) is 0. The Bertz CT molecular complexity index is 767. The average molecular weight is 326 g/mol. The van der Waals surface area contributed by atoms with Gasteiger partial charge < -0.3 is 20.0 Å². The van der Waals surface area contributed by atoms with Gasteiger partial charge in [0.25, 0.3) is 11.8 Å². The summed E-state index contributed by atoms with van der Waals surface area (Å²) < 4.78 is 0. The van der Waals surface area contributed by atoms with Crippen molar-refractivity contribution in [2.75, 3.05) is 26.2 Å². The molecule has 0 unspecified atom stereocenters. The number of hydrogen-bond acceptors (Lipinski definition) is 4. The van der Waals surface area contributed by atoms with E-state index >= 15 is 0 Å². The zero-order valence-electron chi connectivity index (χ0n) is 13.1. The third kappa shape index (κ3) is 3.17. The number of aromatic hydroxyl groups is 2. The van der Waals surface area contributed by atoms with Crippen LogP contribution in [0.5, 0.6) is 11.5 Å². The van der Waals surface area contributed by atoms with Crippen LogP contribution >= 0.6 is 0 Å². The first kappa shape index (κ1) is 15.9. The molecule has 0 atom stereocenters. The van der Waals surface area contributed by atoms with Crippen LogP contribution in [0, 0.1) is 0 Å². The van der Waals surface area contributed by atoms with Crippen LogP contribution in [0.25, 0.3) is 0 Å². The number of piperazine rings is 1. The molecule has 6 heteroatoms. The van der Waals surface area contributed by atoms with E-state index in [4.69, 9.17) is 0 Å². The molecule has 1 aliphatic heterocycles. The van der Waals surface area contributed by atoms with E-state index in [-0.39, 0.29) is 28.9 Å². The minimum absolute atomic E-state index is 0.0410. The van der Waals surface area contributed by atoms with Crippen LogP contribution < -0.4 is 0 Å². The number of phenols is 2. The monoisotopic (exact) mass is 326 g/mol. The van der Waals surface area contributed by atoms with Gasteiger partial charge in [0.15, 0.2) is 0 Å². The average Bonchev–Trinajstić information content (AvgIpc) is 2.61. The lowest BCUT2D eigenvalue weighted by Crippen LogP contribution is -2.50. The molecule has 24 heavy (non-hydrogen) atoms. The number of phenolic OH excluding ortho intramolecular Hbond substituents is 2. The van der Waals surface area contributed by atoms with Crippen LogP contribution in [-0.2, 0) is 0 Å². The van der Waals surface area contributed by atoms with Gasteiger partial charge in [-0.25, -0.2) is 0 Å². The van der Waals surface area contributed by atoms with Gasteiger partial charge in [-0.3, -0.25) is 9.59 Å². The van der Waals surface area contributed by atoms with Crippen LogP contribution in [0.4, 0.5) is 0 Å². The molecule has 2 aromatic rings. The Kier molecular flexibility index (Phi) is 4.37. The molecule has 0 saturated carbocycles. The lowest BCUT2D eigenvalue weighted by molar-refractivity contribution is 0.0533. The molecule has 1 heterocycles. The second-order valence-corrected chi connectivity index (χ2v) is 5.65. The maximum Gasteiger partial charge on any atom is 0.257 e. The van der Waals surface area contributed by atoms with E-state index in [1.54, 1.807) is 40.1 Å². The highest BCUT2D eigenvalue weighted by molar-refractivity contribution is 5.97. The highest BCUT2D eigenvalue weighted by atomic mass is 16.3. The van der Waals surface area contributed by atoms with Crippen molar-refractivity contribution in [3.05, 3.63) is 59.7 Å². The second kappa shape index (κ2) is 6.62. The number of nitrogens with zero attached hydrogens (tertiary/aromatic N) is 2. The number of rotatable bonds is 2. The van der Waals surface area contributed by atoms with Crippen molar-refractivity contribution in [3.63, 3.8) is 0 Å². The summed E-state index contributed by atoms with van der Waals surface area (Å²) in [4.78, 5) is 28.1. The van der Waals surface area contributed by atoms with Crippen LogP contribution in [-0.4, -0.2) is 58.0 Å². The van der Waals surface area contributed by atoms with E-state index in [2.05, 4.69) is 0 Å². The molecular formula is C18H18N2O4. The van der Waals surface area contributed by atoms with Gasteiger partial charge in [-0.15, -0.1) is 0 Å². The van der Waals surface area contributed by atoms with Gasteiger partial charge >= 0.3 is 0 Å². The maximum absolute atomic E-state index is 12.4. The summed E-state index contributed by atoms with van der Waals surface area (Å²) in [5.74, 6) is -0.395. The molecule has 124 valence electrons. The summed E-state index contributed by atoms with van der Waals surface area (Å²) >= 11 is 0. The smallest absolute Gasteiger partial charge is 0.257 e. The Labute approximate surface area is 139 Å². The predicted octanol–water partition coefficient (Wildman–Crippen LogP) is 1.70. The lowest BCUT2D eigenvalue weighted by atomic mass is 10.1. The van der Waals surface area contributed by atoms with E-state index in [1.807, 2.05) is 0 Å². The van der Waals surface area contributed by atoms with Crippen LogP contribution in [0.15, 0.2) is 48.5 Å². The van der Waals surface area contributed by atoms with Crippen LogP contribution in [0.3, 0.4) is 0 Å². The highest BCUT2D eigenvalue weighted by Gasteiger charge is 2.26. The van der Waals surface area contributed by atoms with Gasteiger partial charge in [-0.1, -0.05) is 18.2 Å². The summed E-state index contributed by atoms with van der Waals surface area (Å²) in [5, 5.41) is 19.3. The van der Waals surface area contributed by atoms with E-state index in [0.29, 0.717) is 31.7 Å². The van der Waals surface area contributed by atoms with Crippen molar-refractivity contribution in [2.45, 2.75) is 0 Å². The highest BCUT2D eigenvalue weighted by Crippen LogP contribution is 2.19. The minimum atomic E-state index is -0.238. The number of carbonyl (C=O) groups excluding carboxylic acids is 2. The Hall–Kier alpha value is -3.02. The van der Waals surface area contributed by atoms with E-state index in [9.17, 15) is 19.8 Å². The third-order valence-electron chi connectivity index (χ3n) is 4.08. The van der Waals surface area contributed by atoms with Gasteiger partial charge in [-0.2, -0.15) is 0 Å². The van der Waals surface area contributed by atoms with E-state index in [1.165, 1.54) is 18.2 Å². The fraction of sp³-hybridized carbons (Fsp3) is 0.222. The Balaban J connectivity index is 1.65. The molecule has 0 aromatic heterocycles. The van der Waals surface area contributed by atoms with Gasteiger partial charge in [0.2, 0.25) is 0 Å². The van der Waals surface area contributed by atoms with Gasteiger partial charge in [0, 0.05) is 31.7 Å². The van der Waals surface area contributed by atoms with Crippen molar-refractivity contribution in [1.82, 2.24) is 9.80 Å². The predicted molar refractivity (Wildman–Crippen MR) is 88.0 cm³/mol. The molecule has 0 spiro atoms. The first-order valence-electron chi connectivity index (χ1n) is 7.72. The molecule has 3 rings (SSSR count). The zero-order chi connectivity index (χ0) is 17.1. The molecule has 1 fully saturated rings. The summed E-state index contributed by atoms with van der Waals surface area (Å²) in [6, 6.07) is 12.7. The molecule has 2 amide bonds. The van der Waals surface area contributed by atoms with Crippen LogP contribution in [0.2, 0.25) is 0 Å². The molecule has 0 radical (unpaired) electrons. The molecule has 0 bridgehead atoms. The fourth-order valence-electron chi connectivity index (χ4n) is 2.76. The second-order valence-electron chi connectivity index (χ2n) is 5.65. The molecular weight excluding hydrogens is 308 g/mol. The quantitative estimate of drug-likeness (QED) is 0.880. The number of hydrogen-bond donors (Lipinski definition) is 2. The number of para-hydroxylation sites is 1. The molecule has 6 nitrogen and oxygen atoms in total. The van der Waals surface area contributed by atoms with E-state index in [0.717, 1.165) is 0 Å². The number of benzene rings is 2. The van der Waals surface area contributed by atoms with Crippen molar-refractivity contribution in [3.8, 4) is 11.5 Å². The van der Waals surface area contributed by atoms with Crippen LogP contribution in [0.1, 0.15) is 20.7 Å². The Morgan fingerprint density at radius 1 is 0.792 bits per heavy atom. The SMILES string of the molecule is O=C(c1cccc(O)c1)N1CCN(C(=O)c2ccccc2O)CC1. The Morgan fingerprint density at radius 2 is 1.42 bits per heavy atom. The minimum Gasteiger partial charge on any atom is -0.508 e. The summed E-state index contributed by atoms with van der Waals surface area (Å²) in [6.45, 7) is 1.62. The maximum atomic E-state index is 12.4. The van der Waals surface area contributed by atoms with Crippen molar-refractivity contribution < 1.29 is 19.8 Å². The lowest BCUT2D eigenvalue weighted by Gasteiger charge is -2.35.